The first-order valence-electron chi connectivity index (χ1n) is 5.09. The van der Waals surface area contributed by atoms with Crippen LogP contribution in [0.1, 0.15) is 6.92 Å². The molecule has 0 aliphatic rings. The van der Waals surface area contributed by atoms with Gasteiger partial charge in [0.2, 0.25) is 0 Å². The number of aliphatic hydroxyl groups is 1. The Hall–Kier alpha value is -1.09. The second-order valence-corrected chi connectivity index (χ2v) is 4.15. The Bertz CT molecular complexity index is 402. The van der Waals surface area contributed by atoms with Crippen molar-refractivity contribution < 1.29 is 18.3 Å². The summed E-state index contributed by atoms with van der Waals surface area (Å²) in [6.45, 7) is 1.79. The van der Waals surface area contributed by atoms with Crippen LogP contribution >= 0.6 is 15.9 Å². The lowest BCUT2D eigenvalue weighted by Gasteiger charge is -2.16. The van der Waals surface area contributed by atoms with Crippen LogP contribution in [-0.2, 0) is 0 Å². The van der Waals surface area contributed by atoms with Gasteiger partial charge in [-0.2, -0.15) is 13.2 Å². The molecule has 1 atom stereocenters. The van der Waals surface area contributed by atoms with E-state index in [0.717, 1.165) is 0 Å². The molecule has 3 N–H and O–H groups in total. The van der Waals surface area contributed by atoms with Gasteiger partial charge in [0.05, 0.1) is 6.54 Å². The molecule has 1 unspecified atom stereocenters. The molecule has 1 rings (SSSR count). The molecule has 0 aliphatic carbocycles. The number of alkyl halides is 3. The molecule has 1 aromatic rings. The van der Waals surface area contributed by atoms with Crippen LogP contribution in [0.2, 0.25) is 0 Å². The minimum atomic E-state index is -4.66. The highest BCUT2D eigenvalue weighted by Gasteiger charge is 2.38. The lowest BCUT2D eigenvalue weighted by molar-refractivity contribution is -0.198. The third-order valence-electron chi connectivity index (χ3n) is 1.97. The Labute approximate surface area is 110 Å². The smallest absolute Gasteiger partial charge is 0.382 e. The molecule has 0 amide bonds. The van der Waals surface area contributed by atoms with E-state index >= 15 is 0 Å². The van der Waals surface area contributed by atoms with E-state index in [2.05, 4.69) is 36.5 Å². The van der Waals surface area contributed by atoms with Gasteiger partial charge in [0.1, 0.15) is 22.4 Å². The number of rotatable bonds is 5. The van der Waals surface area contributed by atoms with Crippen molar-refractivity contribution in [1.29, 1.82) is 0 Å². The summed E-state index contributed by atoms with van der Waals surface area (Å²) in [5.41, 5.74) is 0. The van der Waals surface area contributed by atoms with Crippen LogP contribution in [0.25, 0.3) is 0 Å². The van der Waals surface area contributed by atoms with Crippen LogP contribution in [-0.4, -0.2) is 40.4 Å². The van der Waals surface area contributed by atoms with Crippen LogP contribution in [0.3, 0.4) is 0 Å². The Morgan fingerprint density at radius 1 is 1.33 bits per heavy atom. The summed E-state index contributed by atoms with van der Waals surface area (Å²) < 4.78 is 36.7. The molecule has 0 fully saturated rings. The summed E-state index contributed by atoms with van der Waals surface area (Å²) in [6, 6.07) is 0. The highest BCUT2D eigenvalue weighted by Crippen LogP contribution is 2.27. The highest BCUT2D eigenvalue weighted by atomic mass is 79.9. The van der Waals surface area contributed by atoms with E-state index in [0.29, 0.717) is 16.8 Å². The highest BCUT2D eigenvalue weighted by molar-refractivity contribution is 9.10. The predicted octanol–water partition coefficient (Wildman–Crippen LogP) is 2.01. The minimum Gasteiger partial charge on any atom is -0.382 e. The largest absolute Gasteiger partial charge is 0.416 e. The van der Waals surface area contributed by atoms with Gasteiger partial charge >= 0.3 is 6.18 Å². The van der Waals surface area contributed by atoms with Crippen LogP contribution in [0.15, 0.2) is 10.8 Å². The number of aliphatic hydroxyl groups excluding tert-OH is 1. The lowest BCUT2D eigenvalue weighted by atomic mass is 10.3. The molecule has 0 aliphatic heterocycles. The molecule has 0 saturated carbocycles. The molecule has 1 aromatic heterocycles. The molecular weight excluding hydrogens is 317 g/mol. The Kier molecular flexibility index (Phi) is 5.15. The van der Waals surface area contributed by atoms with Crippen molar-refractivity contribution in [2.24, 2.45) is 0 Å². The molecular formula is C9H12BrF3N4O. The SMILES string of the molecule is CCNc1ncnc(NCC(O)C(F)(F)F)c1Br. The standard InChI is InChI=1S/C9H12BrF3N4O/c1-2-14-7-6(10)8(17-4-16-7)15-3-5(18)9(11,12)13/h4-5,18H,2-3H2,1H3,(H2,14,15,16,17). The zero-order chi connectivity index (χ0) is 13.8. The number of nitrogens with one attached hydrogen (secondary N) is 2. The molecule has 0 spiro atoms. The van der Waals surface area contributed by atoms with Gasteiger partial charge < -0.3 is 15.7 Å². The Morgan fingerprint density at radius 2 is 1.89 bits per heavy atom. The first-order valence-corrected chi connectivity index (χ1v) is 5.88. The molecule has 0 bridgehead atoms. The maximum absolute atomic E-state index is 12.1. The zero-order valence-electron chi connectivity index (χ0n) is 9.42. The Morgan fingerprint density at radius 3 is 2.39 bits per heavy atom. The predicted molar refractivity (Wildman–Crippen MR) is 64.4 cm³/mol. The van der Waals surface area contributed by atoms with Crippen molar-refractivity contribution in [2.75, 3.05) is 23.7 Å². The molecule has 5 nitrogen and oxygen atoms in total. The van der Waals surface area contributed by atoms with Gasteiger partial charge in [0.25, 0.3) is 0 Å². The summed E-state index contributed by atoms with van der Waals surface area (Å²) >= 11 is 3.17. The molecule has 1 heterocycles. The number of anilines is 2. The van der Waals surface area contributed by atoms with E-state index in [1.165, 1.54) is 6.33 Å². The van der Waals surface area contributed by atoms with Gasteiger partial charge in [-0.05, 0) is 22.9 Å². The van der Waals surface area contributed by atoms with Crippen molar-refractivity contribution in [3.8, 4) is 0 Å². The Balaban J connectivity index is 2.71. The maximum atomic E-state index is 12.1. The second kappa shape index (κ2) is 6.19. The van der Waals surface area contributed by atoms with Crippen molar-refractivity contribution in [1.82, 2.24) is 9.97 Å². The van der Waals surface area contributed by atoms with Crippen LogP contribution < -0.4 is 10.6 Å². The second-order valence-electron chi connectivity index (χ2n) is 3.35. The summed E-state index contributed by atoms with van der Waals surface area (Å²) in [5.74, 6) is 0.653. The number of hydrogen-bond donors (Lipinski definition) is 3. The molecule has 0 aromatic carbocycles. The number of halogens is 4. The molecule has 102 valence electrons. The van der Waals surface area contributed by atoms with Crippen molar-refractivity contribution >= 4 is 27.6 Å². The maximum Gasteiger partial charge on any atom is 0.416 e. The monoisotopic (exact) mass is 328 g/mol. The van der Waals surface area contributed by atoms with Crippen LogP contribution in [0.5, 0.6) is 0 Å². The van der Waals surface area contributed by atoms with Crippen molar-refractivity contribution in [2.45, 2.75) is 19.2 Å². The van der Waals surface area contributed by atoms with E-state index in [1.54, 1.807) is 0 Å². The van der Waals surface area contributed by atoms with E-state index < -0.39 is 18.8 Å². The average molecular weight is 329 g/mol. The molecule has 9 heteroatoms. The van der Waals surface area contributed by atoms with E-state index in [4.69, 9.17) is 5.11 Å². The topological polar surface area (TPSA) is 70.1 Å². The summed E-state index contributed by atoms with van der Waals surface area (Å²) in [5, 5.41) is 14.2. The van der Waals surface area contributed by atoms with E-state index in [9.17, 15) is 13.2 Å². The summed E-state index contributed by atoms with van der Waals surface area (Å²) in [4.78, 5) is 7.70. The molecule has 0 radical (unpaired) electrons. The first-order chi connectivity index (χ1) is 8.36. The molecule has 0 saturated heterocycles. The van der Waals surface area contributed by atoms with Gasteiger partial charge in [0, 0.05) is 6.54 Å². The van der Waals surface area contributed by atoms with Gasteiger partial charge in [0.15, 0.2) is 6.10 Å². The number of hydrogen-bond acceptors (Lipinski definition) is 5. The van der Waals surface area contributed by atoms with Gasteiger partial charge in [-0.3, -0.25) is 0 Å². The van der Waals surface area contributed by atoms with Crippen LogP contribution in [0, 0.1) is 0 Å². The van der Waals surface area contributed by atoms with E-state index in [-0.39, 0.29) is 5.82 Å². The average Bonchev–Trinajstić information content (AvgIpc) is 2.29. The third kappa shape index (κ3) is 3.98. The normalized spacial score (nSPS) is 13.2. The van der Waals surface area contributed by atoms with Gasteiger partial charge in [-0.15, -0.1) is 0 Å². The summed E-state index contributed by atoms with van der Waals surface area (Å²) in [7, 11) is 0. The fourth-order valence-corrected chi connectivity index (χ4v) is 1.58. The fourth-order valence-electron chi connectivity index (χ4n) is 1.09. The number of aromatic nitrogens is 2. The quantitative estimate of drug-likeness (QED) is 0.771. The van der Waals surface area contributed by atoms with Gasteiger partial charge in [-0.1, -0.05) is 0 Å². The lowest BCUT2D eigenvalue weighted by Crippen LogP contribution is -2.35. The minimum absolute atomic E-state index is 0.184. The van der Waals surface area contributed by atoms with Gasteiger partial charge in [-0.25, -0.2) is 9.97 Å². The summed E-state index contributed by atoms with van der Waals surface area (Å²) in [6.07, 6.45) is -5.89. The fraction of sp³-hybridized carbons (Fsp3) is 0.556. The number of nitrogens with zero attached hydrogens (tertiary/aromatic N) is 2. The molecule has 18 heavy (non-hydrogen) atoms. The van der Waals surface area contributed by atoms with Crippen molar-refractivity contribution in [3.05, 3.63) is 10.8 Å². The third-order valence-corrected chi connectivity index (χ3v) is 2.73. The van der Waals surface area contributed by atoms with Crippen LogP contribution in [0.4, 0.5) is 24.8 Å². The van der Waals surface area contributed by atoms with Crippen molar-refractivity contribution in [3.63, 3.8) is 0 Å². The first kappa shape index (κ1) is 15.0. The zero-order valence-corrected chi connectivity index (χ0v) is 11.0. The van der Waals surface area contributed by atoms with E-state index in [1.807, 2.05) is 6.92 Å².